The van der Waals surface area contributed by atoms with Gasteiger partial charge in [0.05, 0.1) is 17.2 Å². The van der Waals surface area contributed by atoms with Gasteiger partial charge in [0, 0.05) is 17.8 Å². The number of H-pyrrole nitrogens is 1. The number of benzene rings is 1. The molecular weight excluding hydrogens is 260 g/mol. The van der Waals surface area contributed by atoms with Crippen molar-refractivity contribution in [2.24, 2.45) is 0 Å². The number of aromatic nitrogens is 2. The van der Waals surface area contributed by atoms with E-state index in [0.29, 0.717) is 0 Å². The van der Waals surface area contributed by atoms with E-state index < -0.39 is 10.8 Å². The summed E-state index contributed by atoms with van der Waals surface area (Å²) in [4.78, 5) is 22.6. The Morgan fingerprint density at radius 2 is 2.25 bits per heavy atom. The molecule has 1 aromatic carbocycles. The first-order valence-electron chi connectivity index (χ1n) is 6.03. The van der Waals surface area contributed by atoms with Gasteiger partial charge in [0.25, 0.3) is 11.6 Å². The molecule has 1 atom stereocenters. The molecule has 20 heavy (non-hydrogen) atoms. The molecule has 0 radical (unpaired) electrons. The average molecular weight is 274 g/mol. The van der Waals surface area contributed by atoms with Crippen molar-refractivity contribution in [2.45, 2.75) is 19.9 Å². The molecule has 0 spiro atoms. The van der Waals surface area contributed by atoms with Gasteiger partial charge in [-0.15, -0.1) is 0 Å². The van der Waals surface area contributed by atoms with Gasteiger partial charge in [-0.05, 0) is 25.5 Å². The molecule has 0 aliphatic heterocycles. The highest BCUT2D eigenvalue weighted by molar-refractivity contribution is 5.98. The van der Waals surface area contributed by atoms with Crippen LogP contribution in [0.15, 0.2) is 30.6 Å². The summed E-state index contributed by atoms with van der Waals surface area (Å²) in [5.74, 6) is -0.478. The molecule has 104 valence electrons. The van der Waals surface area contributed by atoms with Crippen molar-refractivity contribution in [3.8, 4) is 0 Å². The van der Waals surface area contributed by atoms with Crippen LogP contribution < -0.4 is 5.32 Å². The number of rotatable bonds is 4. The first-order chi connectivity index (χ1) is 9.49. The van der Waals surface area contributed by atoms with Crippen molar-refractivity contribution >= 4 is 11.6 Å². The van der Waals surface area contributed by atoms with Crippen LogP contribution in [0.5, 0.6) is 0 Å². The van der Waals surface area contributed by atoms with Crippen LogP contribution in [-0.4, -0.2) is 21.0 Å². The zero-order valence-corrected chi connectivity index (χ0v) is 11.1. The predicted molar refractivity (Wildman–Crippen MR) is 72.3 cm³/mol. The number of carbonyl (C=O) groups is 1. The number of nitrogens with zero attached hydrogens (tertiary/aromatic N) is 2. The van der Waals surface area contributed by atoms with Crippen molar-refractivity contribution in [2.75, 3.05) is 0 Å². The third-order valence-electron chi connectivity index (χ3n) is 2.96. The maximum atomic E-state index is 12.2. The Labute approximate surface area is 115 Å². The van der Waals surface area contributed by atoms with Gasteiger partial charge in [0.2, 0.25) is 0 Å². The molecule has 2 rings (SSSR count). The van der Waals surface area contributed by atoms with E-state index in [1.165, 1.54) is 12.1 Å². The lowest BCUT2D eigenvalue weighted by molar-refractivity contribution is -0.385. The molecule has 0 saturated carbocycles. The zero-order valence-electron chi connectivity index (χ0n) is 11.1. The van der Waals surface area contributed by atoms with Crippen LogP contribution in [0.1, 0.15) is 34.5 Å². The quantitative estimate of drug-likeness (QED) is 0.658. The SMILES string of the molecule is Cc1ccc([N+](=O)[O-])c(C(=O)NC(C)c2cn[nH]c2)c1. The van der Waals surface area contributed by atoms with Gasteiger partial charge < -0.3 is 5.32 Å². The molecule has 1 amide bonds. The molecule has 0 fully saturated rings. The summed E-state index contributed by atoms with van der Waals surface area (Å²) in [7, 11) is 0. The van der Waals surface area contributed by atoms with Gasteiger partial charge in [0.1, 0.15) is 5.56 Å². The van der Waals surface area contributed by atoms with Gasteiger partial charge in [-0.2, -0.15) is 5.10 Å². The third kappa shape index (κ3) is 2.82. The number of nitro benzene ring substituents is 1. The smallest absolute Gasteiger partial charge is 0.282 e. The van der Waals surface area contributed by atoms with Crippen LogP contribution in [-0.2, 0) is 0 Å². The van der Waals surface area contributed by atoms with Gasteiger partial charge in [-0.25, -0.2) is 0 Å². The van der Waals surface area contributed by atoms with Crippen LogP contribution >= 0.6 is 0 Å². The molecule has 2 N–H and O–H groups in total. The highest BCUT2D eigenvalue weighted by Crippen LogP contribution is 2.21. The lowest BCUT2D eigenvalue weighted by Crippen LogP contribution is -2.27. The standard InChI is InChI=1S/C13H14N4O3/c1-8-3-4-12(17(19)20)11(5-8)13(18)16-9(2)10-6-14-15-7-10/h3-7,9H,1-2H3,(H,14,15)(H,16,18). The summed E-state index contributed by atoms with van der Waals surface area (Å²) in [6.45, 7) is 3.56. The minimum atomic E-state index is -0.559. The molecule has 7 nitrogen and oxygen atoms in total. The molecule has 1 aromatic heterocycles. The maximum absolute atomic E-state index is 12.2. The Morgan fingerprint density at radius 1 is 1.50 bits per heavy atom. The number of nitrogens with one attached hydrogen (secondary N) is 2. The van der Waals surface area contributed by atoms with E-state index in [-0.39, 0.29) is 17.3 Å². The summed E-state index contributed by atoms with van der Waals surface area (Å²) in [6.07, 6.45) is 3.26. The van der Waals surface area contributed by atoms with E-state index >= 15 is 0 Å². The first kappa shape index (κ1) is 13.7. The van der Waals surface area contributed by atoms with E-state index in [9.17, 15) is 14.9 Å². The fourth-order valence-corrected chi connectivity index (χ4v) is 1.85. The van der Waals surface area contributed by atoms with Crippen LogP contribution in [0.2, 0.25) is 0 Å². The normalized spacial score (nSPS) is 11.9. The summed E-state index contributed by atoms with van der Waals surface area (Å²) >= 11 is 0. The topological polar surface area (TPSA) is 101 Å². The summed E-state index contributed by atoms with van der Waals surface area (Å²) in [5, 5.41) is 20.1. The molecule has 0 aliphatic carbocycles. The van der Waals surface area contributed by atoms with Gasteiger partial charge in [0.15, 0.2) is 0 Å². The molecule has 7 heteroatoms. The van der Waals surface area contributed by atoms with Crippen molar-refractivity contribution in [1.29, 1.82) is 0 Å². The Bertz CT molecular complexity index is 637. The number of amides is 1. The lowest BCUT2D eigenvalue weighted by atomic mass is 10.1. The van der Waals surface area contributed by atoms with E-state index in [1.807, 2.05) is 0 Å². The largest absolute Gasteiger partial charge is 0.345 e. The lowest BCUT2D eigenvalue weighted by Gasteiger charge is -2.12. The summed E-state index contributed by atoms with van der Waals surface area (Å²) in [6, 6.07) is 4.16. The number of carbonyl (C=O) groups excluding carboxylic acids is 1. The highest BCUT2D eigenvalue weighted by atomic mass is 16.6. The monoisotopic (exact) mass is 274 g/mol. The second kappa shape index (κ2) is 5.52. The van der Waals surface area contributed by atoms with E-state index in [2.05, 4.69) is 15.5 Å². The first-order valence-corrected chi connectivity index (χ1v) is 6.03. The predicted octanol–water partition coefficient (Wildman–Crippen LogP) is 2.12. The second-order valence-corrected chi connectivity index (χ2v) is 4.50. The maximum Gasteiger partial charge on any atom is 0.282 e. The van der Waals surface area contributed by atoms with E-state index in [0.717, 1.165) is 11.1 Å². The highest BCUT2D eigenvalue weighted by Gasteiger charge is 2.21. The van der Waals surface area contributed by atoms with E-state index in [4.69, 9.17) is 0 Å². The van der Waals surface area contributed by atoms with Crippen molar-refractivity contribution < 1.29 is 9.72 Å². The van der Waals surface area contributed by atoms with Gasteiger partial charge in [-0.3, -0.25) is 20.0 Å². The molecule has 0 aliphatic rings. The third-order valence-corrected chi connectivity index (χ3v) is 2.96. The van der Waals surface area contributed by atoms with Gasteiger partial charge in [-0.1, -0.05) is 6.07 Å². The molecule has 2 aromatic rings. The Balaban J connectivity index is 2.25. The minimum Gasteiger partial charge on any atom is -0.345 e. The fourth-order valence-electron chi connectivity index (χ4n) is 1.85. The van der Waals surface area contributed by atoms with Crippen LogP contribution in [0, 0.1) is 17.0 Å². The van der Waals surface area contributed by atoms with Crippen molar-refractivity contribution in [3.05, 3.63) is 57.4 Å². The molecular formula is C13H14N4O3. The molecule has 0 bridgehead atoms. The number of aryl methyl sites for hydroxylation is 1. The van der Waals surface area contributed by atoms with Crippen LogP contribution in [0.25, 0.3) is 0 Å². The average Bonchev–Trinajstić information content (AvgIpc) is 2.92. The minimum absolute atomic E-state index is 0.0605. The summed E-state index contributed by atoms with van der Waals surface area (Å²) in [5.41, 5.74) is 1.45. The zero-order chi connectivity index (χ0) is 14.7. The Morgan fingerprint density at radius 3 is 2.85 bits per heavy atom. The number of nitro groups is 1. The fraction of sp³-hybridized carbons (Fsp3) is 0.231. The van der Waals surface area contributed by atoms with Crippen LogP contribution in [0.3, 0.4) is 0 Å². The molecule has 0 saturated heterocycles. The van der Waals surface area contributed by atoms with Crippen molar-refractivity contribution in [1.82, 2.24) is 15.5 Å². The Kier molecular flexibility index (Phi) is 3.79. The number of hydrogen-bond acceptors (Lipinski definition) is 4. The number of hydrogen-bond donors (Lipinski definition) is 2. The van der Waals surface area contributed by atoms with Crippen LogP contribution in [0.4, 0.5) is 5.69 Å². The second-order valence-electron chi connectivity index (χ2n) is 4.50. The van der Waals surface area contributed by atoms with E-state index in [1.54, 1.807) is 32.3 Å². The number of aromatic amines is 1. The summed E-state index contributed by atoms with van der Waals surface area (Å²) < 4.78 is 0. The Hall–Kier alpha value is -2.70. The van der Waals surface area contributed by atoms with Gasteiger partial charge >= 0.3 is 0 Å². The molecule has 1 unspecified atom stereocenters. The van der Waals surface area contributed by atoms with Crippen molar-refractivity contribution in [3.63, 3.8) is 0 Å². The molecule has 1 heterocycles.